The smallest absolute Gasteiger partial charge is 0.269 e. The van der Waals surface area contributed by atoms with Crippen LogP contribution in [0.25, 0.3) is 0 Å². The van der Waals surface area contributed by atoms with Crippen molar-refractivity contribution in [1.29, 1.82) is 0 Å². The number of aliphatic hydroxyl groups is 7. The molecule has 7 N–H and O–H groups in total. The van der Waals surface area contributed by atoms with Crippen LogP contribution in [0.5, 0.6) is 5.75 Å². The van der Waals surface area contributed by atoms with Gasteiger partial charge in [0.15, 0.2) is 51.5 Å². The van der Waals surface area contributed by atoms with Crippen LogP contribution in [0.3, 0.4) is 0 Å². The van der Waals surface area contributed by atoms with Crippen molar-refractivity contribution in [2.75, 3.05) is 0 Å². The van der Waals surface area contributed by atoms with Crippen LogP contribution < -0.4 is 4.74 Å². The molecule has 0 amide bonds. The summed E-state index contributed by atoms with van der Waals surface area (Å²) in [5, 5.41) is 91.9. The molecule has 1 aromatic rings. The number of nitro benzene ring substituents is 1. The second-order valence-corrected chi connectivity index (χ2v) is 11.8. The number of nitro groups is 1. The van der Waals surface area contributed by atoms with Crippen LogP contribution in [0.2, 0.25) is 0 Å². The van der Waals surface area contributed by atoms with Crippen LogP contribution in [-0.2, 0) is 38.2 Å². The highest BCUT2D eigenvalue weighted by Gasteiger charge is 2.82. The summed E-state index contributed by atoms with van der Waals surface area (Å²) in [5.74, 6) is -9.57. The van der Waals surface area contributed by atoms with E-state index in [2.05, 4.69) is 0 Å². The number of carbonyl (C=O) groups is 6. The molecule has 0 radical (unpaired) electrons. The van der Waals surface area contributed by atoms with Crippen molar-refractivity contribution in [2.45, 2.75) is 106 Å². The van der Waals surface area contributed by atoms with Crippen molar-refractivity contribution >= 4 is 40.4 Å². The number of Topliss-reactive ketones (excluding diaryl/α,β-unsaturated/α-hetero) is 6. The molecule has 0 aliphatic carbocycles. The van der Waals surface area contributed by atoms with E-state index < -0.39 is 116 Å². The Balaban J connectivity index is 2.36. The zero-order valence-electron chi connectivity index (χ0n) is 26.3. The molecule has 0 saturated carbocycles. The first-order chi connectivity index (χ1) is 21.8. The fraction of sp³-hybridized carbons (Fsp3) is 0.586. The van der Waals surface area contributed by atoms with E-state index in [-0.39, 0.29) is 0 Å². The molecule has 264 valence electrons. The third-order valence-electron chi connectivity index (χ3n) is 9.09. The molecule has 19 heteroatoms. The molecular formula is C29H35NO18. The summed E-state index contributed by atoms with van der Waals surface area (Å²) in [5.41, 5.74) is -19.2. The molecule has 1 aromatic carbocycles. The Morgan fingerprint density at radius 1 is 0.688 bits per heavy atom. The highest BCUT2D eigenvalue weighted by atomic mass is 16.7. The average molecular weight is 686 g/mol. The van der Waals surface area contributed by atoms with Crippen molar-refractivity contribution in [2.24, 2.45) is 0 Å². The molecular weight excluding hydrogens is 650 g/mol. The normalized spacial score (nSPS) is 37.6. The first-order valence-electron chi connectivity index (χ1n) is 14.1. The lowest BCUT2D eigenvalue weighted by atomic mass is 9.59. The zero-order chi connectivity index (χ0) is 37.1. The molecule has 11 atom stereocenters. The van der Waals surface area contributed by atoms with Gasteiger partial charge in [-0.1, -0.05) is 0 Å². The number of hydrogen-bond acceptors (Lipinski definition) is 18. The number of nitrogens with zero attached hydrogens (tertiary/aromatic N) is 1. The van der Waals surface area contributed by atoms with E-state index in [1.165, 1.54) is 0 Å². The van der Waals surface area contributed by atoms with Gasteiger partial charge in [0.2, 0.25) is 17.5 Å². The second kappa shape index (κ2) is 12.5. The van der Waals surface area contributed by atoms with E-state index in [1.54, 1.807) is 0 Å². The number of carbonyl (C=O) groups excluding carboxylic acids is 6. The molecule has 48 heavy (non-hydrogen) atoms. The fourth-order valence-electron chi connectivity index (χ4n) is 6.35. The summed E-state index contributed by atoms with van der Waals surface area (Å²) in [6.45, 7) is 3.64. The van der Waals surface area contributed by atoms with Crippen LogP contribution in [-0.4, -0.2) is 140 Å². The van der Waals surface area contributed by atoms with Crippen molar-refractivity contribution < 1.29 is 83.6 Å². The number of hydrogen-bond donors (Lipinski definition) is 7. The van der Waals surface area contributed by atoms with E-state index in [0.717, 1.165) is 31.2 Å². The van der Waals surface area contributed by atoms with Crippen LogP contribution in [0, 0.1) is 10.1 Å². The highest BCUT2D eigenvalue weighted by Crippen LogP contribution is 2.51. The van der Waals surface area contributed by atoms with Gasteiger partial charge in [-0.25, -0.2) is 0 Å². The van der Waals surface area contributed by atoms with Crippen LogP contribution in [0.1, 0.15) is 41.5 Å². The minimum atomic E-state index is -4.00. The first kappa shape index (κ1) is 38.5. The van der Waals surface area contributed by atoms with E-state index in [9.17, 15) is 74.6 Å². The van der Waals surface area contributed by atoms with Gasteiger partial charge in [-0.3, -0.25) is 38.9 Å². The van der Waals surface area contributed by atoms with Crippen LogP contribution in [0.15, 0.2) is 24.3 Å². The fourth-order valence-corrected chi connectivity index (χ4v) is 6.35. The Kier molecular flexibility index (Phi) is 10.0. The van der Waals surface area contributed by atoms with E-state index in [0.29, 0.717) is 34.6 Å². The Hall–Kier alpha value is -3.92. The molecule has 0 aromatic heterocycles. The Morgan fingerprint density at radius 2 is 1.10 bits per heavy atom. The van der Waals surface area contributed by atoms with Crippen molar-refractivity contribution in [3.8, 4) is 5.75 Å². The van der Waals surface area contributed by atoms with E-state index in [4.69, 9.17) is 14.2 Å². The zero-order valence-corrected chi connectivity index (χ0v) is 26.3. The monoisotopic (exact) mass is 685 g/mol. The van der Waals surface area contributed by atoms with Gasteiger partial charge in [0.1, 0.15) is 36.3 Å². The molecule has 3 rings (SSSR count). The van der Waals surface area contributed by atoms with E-state index in [1.807, 2.05) is 0 Å². The molecule has 19 nitrogen and oxygen atoms in total. The topological polar surface area (TPSA) is 315 Å². The minimum absolute atomic E-state index is 0.453. The van der Waals surface area contributed by atoms with Crippen LogP contribution >= 0.6 is 0 Å². The lowest BCUT2D eigenvalue weighted by molar-refractivity contribution is -0.385. The Bertz CT molecular complexity index is 1560. The van der Waals surface area contributed by atoms with Crippen molar-refractivity contribution in [1.82, 2.24) is 0 Å². The van der Waals surface area contributed by atoms with Gasteiger partial charge in [0.05, 0.1) is 4.92 Å². The molecule has 0 spiro atoms. The minimum Gasteiger partial charge on any atom is -0.461 e. The SMILES string of the molecule is CC(=O)C(O)[C@H]1O[C@@H](C(O)[C@H]2O[C@H](Oc3ccc([N+](=O)[O-])cc3)[C@@](O)(C(C)=O)[C@](O)(C(C)=O)[C@@]2(O)C(C)=O)[C@](O)(C(C)=O)[C@@]1(O)C(C)=O. The number of ketones is 6. The van der Waals surface area contributed by atoms with Gasteiger partial charge >= 0.3 is 0 Å². The maximum Gasteiger partial charge on any atom is 0.269 e. The second-order valence-electron chi connectivity index (χ2n) is 11.8. The predicted molar refractivity (Wildman–Crippen MR) is 152 cm³/mol. The molecule has 2 saturated heterocycles. The quantitative estimate of drug-likeness (QED) is 0.0824. The van der Waals surface area contributed by atoms with E-state index >= 15 is 0 Å². The standard InChI is InChI=1S/C29H35NO18/c1-11(31)19(37)21-25(39,12(2)32)26(40,13(3)33)22(47-21)20(38)23-27(41,14(4)34)29(43,16(6)36)28(42,15(5)35)24(48-23)46-18-9-7-17(8-10-18)30(44)45/h7-10,19-24,37-43H,1-6H3/t19?,20?,21-,22+,23-,24+,25-,26-,27-,28+,29+/m1/s1. The Labute approximate surface area is 270 Å². The first-order valence-corrected chi connectivity index (χ1v) is 14.1. The van der Waals surface area contributed by atoms with Gasteiger partial charge in [-0.05, 0) is 53.7 Å². The van der Waals surface area contributed by atoms with Crippen molar-refractivity contribution in [3.63, 3.8) is 0 Å². The van der Waals surface area contributed by atoms with Gasteiger partial charge in [0, 0.05) is 12.1 Å². The molecule has 2 unspecified atom stereocenters. The number of benzene rings is 1. The maximum atomic E-state index is 13.2. The largest absolute Gasteiger partial charge is 0.461 e. The van der Waals surface area contributed by atoms with Gasteiger partial charge in [-0.15, -0.1) is 0 Å². The third kappa shape index (κ3) is 5.01. The lowest BCUT2D eigenvalue weighted by Gasteiger charge is -2.58. The number of aliphatic hydroxyl groups excluding tert-OH is 2. The van der Waals surface area contributed by atoms with Crippen molar-refractivity contribution in [3.05, 3.63) is 34.4 Å². The summed E-state index contributed by atoms with van der Waals surface area (Å²) in [6.07, 6.45) is -16.3. The number of rotatable bonds is 12. The Morgan fingerprint density at radius 3 is 1.48 bits per heavy atom. The summed E-state index contributed by atoms with van der Waals surface area (Å²) in [7, 11) is 0. The van der Waals surface area contributed by atoms with Gasteiger partial charge < -0.3 is 50.0 Å². The summed E-state index contributed by atoms with van der Waals surface area (Å²) in [4.78, 5) is 87.6. The highest BCUT2D eigenvalue weighted by molar-refractivity contribution is 6.05. The predicted octanol–water partition coefficient (Wildman–Crippen LogP) is -3.62. The average Bonchev–Trinajstić information content (AvgIpc) is 3.25. The molecule has 2 aliphatic rings. The molecule has 0 bridgehead atoms. The molecule has 2 aliphatic heterocycles. The number of ether oxygens (including phenoxy) is 3. The van der Waals surface area contributed by atoms with Gasteiger partial charge in [0.25, 0.3) is 5.69 Å². The number of non-ortho nitro benzene ring substituents is 1. The molecule has 2 fully saturated rings. The summed E-state index contributed by atoms with van der Waals surface area (Å²) in [6, 6.07) is 3.62. The van der Waals surface area contributed by atoms with Gasteiger partial charge in [-0.2, -0.15) is 0 Å². The lowest BCUT2D eigenvalue weighted by Crippen LogP contribution is -2.88. The van der Waals surface area contributed by atoms with Crippen LogP contribution in [0.4, 0.5) is 5.69 Å². The third-order valence-corrected chi connectivity index (χ3v) is 9.09. The molecule has 2 heterocycles. The summed E-state index contributed by atoms with van der Waals surface area (Å²) < 4.78 is 16.4. The maximum absolute atomic E-state index is 13.2. The summed E-state index contributed by atoms with van der Waals surface area (Å²) >= 11 is 0.